The molecule has 1 aromatic carbocycles. The molecule has 0 unspecified atom stereocenters. The molecule has 0 bridgehead atoms. The molecule has 0 saturated carbocycles. The quantitative estimate of drug-likeness (QED) is 0.322. The zero-order chi connectivity index (χ0) is 23.8. The second-order valence-corrected chi connectivity index (χ2v) is 7.81. The van der Waals surface area contributed by atoms with Gasteiger partial charge in [0.2, 0.25) is 0 Å². The number of carbonyl (C=O) groups excluding carboxylic acids is 1. The first kappa shape index (κ1) is 22.6. The summed E-state index contributed by atoms with van der Waals surface area (Å²) in [5.74, 6) is -1.85. The second-order valence-electron chi connectivity index (χ2n) is 7.81. The van der Waals surface area contributed by atoms with Crippen molar-refractivity contribution in [2.75, 3.05) is 26.4 Å². The Morgan fingerprint density at radius 3 is 2.55 bits per heavy atom. The number of halogens is 1. The molecule has 33 heavy (non-hydrogen) atoms. The summed E-state index contributed by atoms with van der Waals surface area (Å²) in [6.45, 7) is -2.07. The number of aliphatic hydroxyl groups is 3. The summed E-state index contributed by atoms with van der Waals surface area (Å²) in [7, 11) is 0. The lowest BCUT2D eigenvalue weighted by molar-refractivity contribution is -0.0511. The zero-order valence-corrected chi connectivity index (χ0v) is 17.4. The predicted molar refractivity (Wildman–Crippen MR) is 114 cm³/mol. The lowest BCUT2D eigenvalue weighted by Crippen LogP contribution is -2.52. The van der Waals surface area contributed by atoms with Gasteiger partial charge in [-0.25, -0.2) is 4.39 Å². The lowest BCUT2D eigenvalue weighted by atomic mass is 9.99. The number of aliphatic hydroxyl groups excluding tert-OH is 3. The van der Waals surface area contributed by atoms with Gasteiger partial charge in [0, 0.05) is 24.7 Å². The SMILES string of the molecule is O=C(NCCO)c1c(O)c2ncc(Cc3ccc(F)cc3)c3c2n(c1=O)CC(CO)(CO)O3. The molecule has 0 saturated heterocycles. The van der Waals surface area contributed by atoms with Gasteiger partial charge in [-0.1, -0.05) is 12.1 Å². The van der Waals surface area contributed by atoms with Crippen molar-refractivity contribution in [1.29, 1.82) is 0 Å². The van der Waals surface area contributed by atoms with Crippen LogP contribution in [0, 0.1) is 5.82 Å². The maximum atomic E-state index is 13.3. The fourth-order valence-electron chi connectivity index (χ4n) is 3.83. The van der Waals surface area contributed by atoms with Gasteiger partial charge in [0.15, 0.2) is 17.1 Å². The fourth-order valence-corrected chi connectivity index (χ4v) is 3.83. The van der Waals surface area contributed by atoms with Gasteiger partial charge >= 0.3 is 0 Å². The summed E-state index contributed by atoms with van der Waals surface area (Å²) in [5.41, 5.74) is -1.82. The van der Waals surface area contributed by atoms with E-state index in [0.717, 1.165) is 4.57 Å². The maximum absolute atomic E-state index is 13.3. The zero-order valence-electron chi connectivity index (χ0n) is 17.4. The number of benzene rings is 1. The Hall–Kier alpha value is -3.54. The van der Waals surface area contributed by atoms with Crippen LogP contribution in [-0.4, -0.2) is 67.9 Å². The minimum absolute atomic E-state index is 0.0777. The minimum Gasteiger partial charge on any atom is -0.505 e. The van der Waals surface area contributed by atoms with E-state index < -0.39 is 47.4 Å². The van der Waals surface area contributed by atoms with Gasteiger partial charge in [-0.15, -0.1) is 0 Å². The van der Waals surface area contributed by atoms with Crippen LogP contribution in [0.2, 0.25) is 0 Å². The largest absolute Gasteiger partial charge is 0.505 e. The van der Waals surface area contributed by atoms with Crippen LogP contribution in [0.3, 0.4) is 0 Å². The Balaban J connectivity index is 1.95. The number of hydrogen-bond acceptors (Lipinski definition) is 8. The first-order valence-corrected chi connectivity index (χ1v) is 10.2. The summed E-state index contributed by atoms with van der Waals surface area (Å²) in [6.07, 6.45) is 1.61. The molecule has 0 radical (unpaired) electrons. The van der Waals surface area contributed by atoms with Crippen LogP contribution in [0.5, 0.6) is 11.5 Å². The van der Waals surface area contributed by atoms with Crippen LogP contribution in [-0.2, 0) is 13.0 Å². The number of ether oxygens (including phenoxy) is 1. The van der Waals surface area contributed by atoms with E-state index in [1.165, 1.54) is 18.3 Å². The van der Waals surface area contributed by atoms with E-state index in [4.69, 9.17) is 9.84 Å². The Morgan fingerprint density at radius 1 is 1.21 bits per heavy atom. The number of hydrogen-bond donors (Lipinski definition) is 5. The number of aromatic hydroxyl groups is 1. The van der Waals surface area contributed by atoms with E-state index in [9.17, 15) is 29.3 Å². The van der Waals surface area contributed by atoms with Crippen molar-refractivity contribution in [3.05, 3.63) is 63.3 Å². The number of carbonyl (C=O) groups is 1. The molecule has 0 atom stereocenters. The normalized spacial score (nSPS) is 14.2. The van der Waals surface area contributed by atoms with E-state index in [2.05, 4.69) is 10.3 Å². The molecule has 1 aliphatic rings. The Bertz CT molecular complexity index is 1270. The number of nitrogens with one attached hydrogen (secondary N) is 1. The molecule has 0 aliphatic carbocycles. The molecule has 0 spiro atoms. The van der Waals surface area contributed by atoms with E-state index in [1.54, 1.807) is 12.1 Å². The van der Waals surface area contributed by atoms with Crippen molar-refractivity contribution in [3.63, 3.8) is 0 Å². The van der Waals surface area contributed by atoms with Gasteiger partial charge in [0.25, 0.3) is 11.5 Å². The van der Waals surface area contributed by atoms with Crippen LogP contribution < -0.4 is 15.6 Å². The highest BCUT2D eigenvalue weighted by atomic mass is 19.1. The smallest absolute Gasteiger partial charge is 0.268 e. The Labute approximate surface area is 186 Å². The lowest BCUT2D eigenvalue weighted by Gasteiger charge is -2.37. The number of rotatable bonds is 7. The average Bonchev–Trinajstić information content (AvgIpc) is 2.83. The summed E-state index contributed by atoms with van der Waals surface area (Å²) in [4.78, 5) is 30.0. The van der Waals surface area contributed by atoms with Crippen LogP contribution in [0.4, 0.5) is 4.39 Å². The second kappa shape index (κ2) is 8.77. The number of aromatic nitrogens is 2. The summed E-state index contributed by atoms with van der Waals surface area (Å²) >= 11 is 0. The van der Waals surface area contributed by atoms with E-state index in [0.29, 0.717) is 11.1 Å². The molecular weight excluding hydrogens is 437 g/mol. The molecule has 5 N–H and O–H groups in total. The van der Waals surface area contributed by atoms with E-state index in [-0.39, 0.29) is 42.9 Å². The highest BCUT2D eigenvalue weighted by molar-refractivity contribution is 6.02. The first-order chi connectivity index (χ1) is 15.8. The van der Waals surface area contributed by atoms with Gasteiger partial charge in [0.1, 0.15) is 22.4 Å². The minimum atomic E-state index is -1.57. The van der Waals surface area contributed by atoms with Crippen LogP contribution >= 0.6 is 0 Å². The van der Waals surface area contributed by atoms with E-state index >= 15 is 0 Å². The Morgan fingerprint density at radius 2 is 1.91 bits per heavy atom. The van der Waals surface area contributed by atoms with Crippen molar-refractivity contribution in [1.82, 2.24) is 14.9 Å². The van der Waals surface area contributed by atoms with Crippen molar-refractivity contribution in [3.8, 4) is 11.5 Å². The van der Waals surface area contributed by atoms with Gasteiger partial charge in [0.05, 0.1) is 26.4 Å². The van der Waals surface area contributed by atoms with Crippen molar-refractivity contribution in [2.24, 2.45) is 0 Å². The number of amides is 1. The van der Waals surface area contributed by atoms with Crippen molar-refractivity contribution < 1.29 is 34.3 Å². The third-order valence-electron chi connectivity index (χ3n) is 5.54. The first-order valence-electron chi connectivity index (χ1n) is 10.2. The van der Waals surface area contributed by atoms with Crippen LogP contribution in [0.1, 0.15) is 21.5 Å². The highest BCUT2D eigenvalue weighted by Gasteiger charge is 2.40. The van der Waals surface area contributed by atoms with Gasteiger partial charge in [-0.2, -0.15) is 0 Å². The molecule has 1 amide bonds. The predicted octanol–water partition coefficient (Wildman–Crippen LogP) is -0.330. The third kappa shape index (κ3) is 3.90. The molecule has 4 rings (SSSR count). The van der Waals surface area contributed by atoms with Crippen molar-refractivity contribution in [2.45, 2.75) is 18.6 Å². The van der Waals surface area contributed by atoms with Gasteiger partial charge in [-0.05, 0) is 17.7 Å². The fraction of sp³-hybridized carbons (Fsp3) is 0.318. The Kier molecular flexibility index (Phi) is 6.02. The van der Waals surface area contributed by atoms with Gasteiger partial charge in [-0.3, -0.25) is 19.1 Å². The summed E-state index contributed by atoms with van der Waals surface area (Å²) in [5, 5.41) is 41.9. The molecule has 2 aromatic heterocycles. The topological polar surface area (TPSA) is 154 Å². The van der Waals surface area contributed by atoms with Gasteiger partial charge < -0.3 is 30.5 Å². The standard InChI is InChI=1S/C22H22FN3O7/c23-14-3-1-12(2-4-14)7-13-8-25-16-17-19(13)33-22(10-28,11-29)9-26(17)21(32)15(18(16)30)20(31)24-5-6-27/h1-4,8,27-30H,5-7,9-11H2,(H,24,31). The average molecular weight is 459 g/mol. The maximum Gasteiger partial charge on any atom is 0.268 e. The van der Waals surface area contributed by atoms with Crippen LogP contribution in [0.25, 0.3) is 11.0 Å². The molecule has 11 heteroatoms. The molecule has 10 nitrogen and oxygen atoms in total. The molecule has 174 valence electrons. The molecule has 0 fully saturated rings. The van der Waals surface area contributed by atoms with E-state index in [1.807, 2.05) is 0 Å². The molecule has 3 heterocycles. The van der Waals surface area contributed by atoms with Crippen LogP contribution in [0.15, 0.2) is 35.3 Å². The van der Waals surface area contributed by atoms with Crippen molar-refractivity contribution >= 4 is 16.9 Å². The molecule has 3 aromatic rings. The molecular formula is C22H22FN3O7. The number of nitrogens with zero attached hydrogens (tertiary/aromatic N) is 2. The third-order valence-corrected chi connectivity index (χ3v) is 5.54. The molecule has 1 aliphatic heterocycles. The monoisotopic (exact) mass is 459 g/mol. The summed E-state index contributed by atoms with van der Waals surface area (Å²) < 4.78 is 20.4. The number of pyridine rings is 2. The summed E-state index contributed by atoms with van der Waals surface area (Å²) in [6, 6.07) is 5.72. The highest BCUT2D eigenvalue weighted by Crippen LogP contribution is 2.40.